The number of imide groups is 1. The molecule has 0 bridgehead atoms. The maximum Gasteiger partial charge on any atom is 0.325 e. The Morgan fingerprint density at radius 1 is 1.28 bits per heavy atom. The van der Waals surface area contributed by atoms with Crippen LogP contribution in [0.4, 0.5) is 4.79 Å². The molecule has 1 aromatic carbocycles. The van der Waals surface area contributed by atoms with Crippen molar-refractivity contribution in [2.75, 3.05) is 26.7 Å². The minimum Gasteiger partial charge on any atom is -0.486 e. The summed E-state index contributed by atoms with van der Waals surface area (Å²) in [5, 5.41) is 2.88. The Morgan fingerprint density at radius 2 is 2.03 bits per heavy atom. The molecule has 1 saturated heterocycles. The van der Waals surface area contributed by atoms with Crippen LogP contribution < -0.4 is 14.8 Å². The number of benzene rings is 1. The SMILES string of the molecule is C[C@@H]1CCCC[C@@]12NC(=O)N(CC(=O)N(C)C[C@@H]1COc3ccccc3O1)C2=O. The highest BCUT2D eigenvalue weighted by Crippen LogP contribution is 2.38. The van der Waals surface area contributed by atoms with Crippen LogP contribution in [0.15, 0.2) is 24.3 Å². The van der Waals surface area contributed by atoms with Gasteiger partial charge in [-0.05, 0) is 30.9 Å². The second kappa shape index (κ2) is 7.57. The van der Waals surface area contributed by atoms with Crippen LogP contribution in [-0.4, -0.2) is 66.0 Å². The molecular formula is C21H27N3O5. The zero-order valence-corrected chi connectivity index (χ0v) is 16.8. The van der Waals surface area contributed by atoms with Crippen molar-refractivity contribution in [1.82, 2.24) is 15.1 Å². The number of likely N-dealkylation sites (N-methyl/N-ethyl adjacent to an activating group) is 1. The van der Waals surface area contributed by atoms with Gasteiger partial charge in [0.05, 0.1) is 6.54 Å². The van der Waals surface area contributed by atoms with E-state index in [1.54, 1.807) is 7.05 Å². The van der Waals surface area contributed by atoms with Crippen molar-refractivity contribution < 1.29 is 23.9 Å². The van der Waals surface area contributed by atoms with Crippen molar-refractivity contribution in [1.29, 1.82) is 0 Å². The van der Waals surface area contributed by atoms with E-state index in [2.05, 4.69) is 5.32 Å². The Bertz CT molecular complexity index is 828. The molecule has 1 saturated carbocycles. The number of carbonyl (C=O) groups is 3. The number of amides is 4. The van der Waals surface area contributed by atoms with Gasteiger partial charge in [0.1, 0.15) is 18.7 Å². The van der Waals surface area contributed by atoms with Crippen LogP contribution in [0, 0.1) is 5.92 Å². The van der Waals surface area contributed by atoms with Crippen LogP contribution in [0.5, 0.6) is 11.5 Å². The van der Waals surface area contributed by atoms with E-state index in [0.717, 1.165) is 24.2 Å². The Morgan fingerprint density at radius 3 is 2.79 bits per heavy atom. The van der Waals surface area contributed by atoms with Crippen molar-refractivity contribution in [3.05, 3.63) is 24.3 Å². The molecular weight excluding hydrogens is 374 g/mol. The van der Waals surface area contributed by atoms with Gasteiger partial charge in [-0.1, -0.05) is 31.9 Å². The highest BCUT2D eigenvalue weighted by Gasteiger charge is 2.55. The summed E-state index contributed by atoms with van der Waals surface area (Å²) in [6.07, 6.45) is 3.17. The lowest BCUT2D eigenvalue weighted by Crippen LogP contribution is -2.54. The molecule has 2 heterocycles. The van der Waals surface area contributed by atoms with Crippen molar-refractivity contribution in [3.63, 3.8) is 0 Å². The van der Waals surface area contributed by atoms with Gasteiger partial charge in [0.25, 0.3) is 5.91 Å². The van der Waals surface area contributed by atoms with Crippen LogP contribution in [0.2, 0.25) is 0 Å². The molecule has 4 rings (SSSR count). The normalized spacial score (nSPS) is 28.4. The molecule has 8 nitrogen and oxygen atoms in total. The third-order valence-corrected chi connectivity index (χ3v) is 6.27. The summed E-state index contributed by atoms with van der Waals surface area (Å²) < 4.78 is 11.6. The highest BCUT2D eigenvalue weighted by atomic mass is 16.6. The summed E-state index contributed by atoms with van der Waals surface area (Å²) in [7, 11) is 1.64. The van der Waals surface area contributed by atoms with E-state index >= 15 is 0 Å². The maximum absolute atomic E-state index is 13.0. The first-order chi connectivity index (χ1) is 13.9. The van der Waals surface area contributed by atoms with Crippen LogP contribution in [0.1, 0.15) is 32.6 Å². The van der Waals surface area contributed by atoms with Gasteiger partial charge in [-0.2, -0.15) is 0 Å². The molecule has 29 heavy (non-hydrogen) atoms. The van der Waals surface area contributed by atoms with E-state index in [4.69, 9.17) is 9.47 Å². The molecule has 0 radical (unpaired) electrons. The summed E-state index contributed by atoms with van der Waals surface area (Å²) in [5.74, 6) is 0.813. The van der Waals surface area contributed by atoms with Crippen molar-refractivity contribution >= 4 is 17.8 Å². The van der Waals surface area contributed by atoms with Gasteiger partial charge in [0, 0.05) is 7.05 Å². The lowest BCUT2D eigenvalue weighted by atomic mass is 9.73. The predicted octanol–water partition coefficient (Wildman–Crippen LogP) is 1.79. The van der Waals surface area contributed by atoms with Gasteiger partial charge >= 0.3 is 6.03 Å². The zero-order chi connectivity index (χ0) is 20.6. The van der Waals surface area contributed by atoms with E-state index in [1.807, 2.05) is 31.2 Å². The van der Waals surface area contributed by atoms with Gasteiger partial charge in [0.15, 0.2) is 17.6 Å². The lowest BCUT2D eigenvalue weighted by molar-refractivity contribution is -0.140. The summed E-state index contributed by atoms with van der Waals surface area (Å²) in [6.45, 7) is 2.36. The molecule has 8 heteroatoms. The second-order valence-corrected chi connectivity index (χ2v) is 8.21. The Labute approximate surface area is 170 Å². The molecule has 2 aliphatic heterocycles. The summed E-state index contributed by atoms with van der Waals surface area (Å²) in [5.41, 5.74) is -0.849. The molecule has 3 aliphatic rings. The molecule has 0 unspecified atom stereocenters. The summed E-state index contributed by atoms with van der Waals surface area (Å²) in [6, 6.07) is 6.91. The van der Waals surface area contributed by atoms with Crippen LogP contribution in [0.25, 0.3) is 0 Å². The highest BCUT2D eigenvalue weighted by molar-refractivity contribution is 6.09. The molecule has 1 aromatic rings. The maximum atomic E-state index is 13.0. The number of ether oxygens (including phenoxy) is 2. The summed E-state index contributed by atoms with van der Waals surface area (Å²) in [4.78, 5) is 40.7. The summed E-state index contributed by atoms with van der Waals surface area (Å²) >= 11 is 0. The number of hydrogen-bond donors (Lipinski definition) is 1. The zero-order valence-electron chi connectivity index (χ0n) is 16.8. The smallest absolute Gasteiger partial charge is 0.325 e. The average molecular weight is 401 g/mol. The third kappa shape index (κ3) is 3.52. The fourth-order valence-electron chi connectivity index (χ4n) is 4.46. The predicted molar refractivity (Wildman–Crippen MR) is 105 cm³/mol. The fraction of sp³-hybridized carbons (Fsp3) is 0.571. The first-order valence-corrected chi connectivity index (χ1v) is 10.2. The second-order valence-electron chi connectivity index (χ2n) is 8.21. The number of urea groups is 1. The number of carbonyl (C=O) groups excluding carboxylic acids is 3. The monoisotopic (exact) mass is 401 g/mol. The lowest BCUT2D eigenvalue weighted by Gasteiger charge is -2.36. The molecule has 4 amide bonds. The van der Waals surface area contributed by atoms with Crippen molar-refractivity contribution in [2.24, 2.45) is 5.92 Å². The van der Waals surface area contributed by atoms with Gasteiger partial charge < -0.3 is 19.7 Å². The van der Waals surface area contributed by atoms with E-state index < -0.39 is 11.6 Å². The standard InChI is InChI=1S/C21H27N3O5/c1-14-7-5-6-10-21(14)19(26)24(20(27)22-21)12-18(25)23(2)11-15-13-28-16-8-3-4-9-17(16)29-15/h3-4,8-9,14-15H,5-7,10-13H2,1-2H3,(H,22,27)/t14-,15-,21-/m1/s1. The van der Waals surface area contributed by atoms with Crippen LogP contribution in [-0.2, 0) is 9.59 Å². The number of nitrogens with zero attached hydrogens (tertiary/aromatic N) is 2. The minimum absolute atomic E-state index is 0.0680. The van der Waals surface area contributed by atoms with Crippen molar-refractivity contribution in [3.8, 4) is 11.5 Å². The van der Waals surface area contributed by atoms with E-state index in [1.165, 1.54) is 4.90 Å². The molecule has 1 N–H and O–H groups in total. The molecule has 1 spiro atoms. The number of fused-ring (bicyclic) bond motifs is 1. The van der Waals surface area contributed by atoms with Crippen LogP contribution >= 0.6 is 0 Å². The van der Waals surface area contributed by atoms with Gasteiger partial charge in [-0.25, -0.2) is 4.79 Å². The Kier molecular flexibility index (Phi) is 5.10. The Balaban J connectivity index is 1.36. The number of nitrogens with one attached hydrogen (secondary N) is 1. The third-order valence-electron chi connectivity index (χ3n) is 6.27. The van der Waals surface area contributed by atoms with E-state index in [-0.39, 0.29) is 30.4 Å². The first kappa shape index (κ1) is 19.5. The topological polar surface area (TPSA) is 88.2 Å². The molecule has 1 aliphatic carbocycles. The minimum atomic E-state index is -0.849. The first-order valence-electron chi connectivity index (χ1n) is 10.2. The molecule has 2 fully saturated rings. The number of para-hydroxylation sites is 2. The largest absolute Gasteiger partial charge is 0.486 e. The van der Waals surface area contributed by atoms with Gasteiger partial charge in [0.2, 0.25) is 5.91 Å². The molecule has 3 atom stereocenters. The average Bonchev–Trinajstić information content (AvgIpc) is 2.95. The van der Waals surface area contributed by atoms with Gasteiger partial charge in [-0.3, -0.25) is 14.5 Å². The molecule has 156 valence electrons. The van der Waals surface area contributed by atoms with Crippen molar-refractivity contribution in [2.45, 2.75) is 44.2 Å². The quantitative estimate of drug-likeness (QED) is 0.777. The molecule has 0 aromatic heterocycles. The van der Waals surface area contributed by atoms with E-state index in [0.29, 0.717) is 31.1 Å². The number of hydrogen-bond acceptors (Lipinski definition) is 5. The van der Waals surface area contributed by atoms with Crippen LogP contribution in [0.3, 0.4) is 0 Å². The van der Waals surface area contributed by atoms with Gasteiger partial charge in [-0.15, -0.1) is 0 Å². The Hall–Kier alpha value is -2.77. The van der Waals surface area contributed by atoms with E-state index in [9.17, 15) is 14.4 Å². The fourth-order valence-corrected chi connectivity index (χ4v) is 4.46. The number of rotatable bonds is 4.